The fourth-order valence-corrected chi connectivity index (χ4v) is 3.39. The van der Waals surface area contributed by atoms with E-state index >= 15 is 0 Å². The van der Waals surface area contributed by atoms with Crippen LogP contribution in [0.2, 0.25) is 5.02 Å². The average molecular weight is 349 g/mol. The van der Waals surface area contributed by atoms with E-state index in [2.05, 4.69) is 4.98 Å². The van der Waals surface area contributed by atoms with E-state index in [0.717, 1.165) is 16.6 Å². The van der Waals surface area contributed by atoms with Crippen molar-refractivity contribution >= 4 is 28.4 Å². The Balaban J connectivity index is 1.95. The van der Waals surface area contributed by atoms with Crippen molar-refractivity contribution in [1.82, 2.24) is 9.88 Å². The molecule has 2 N–H and O–H groups in total. The molecule has 2 aromatic rings. The number of fused-ring (bicyclic) bond motifs is 1. The molecule has 1 atom stereocenters. The van der Waals surface area contributed by atoms with E-state index in [1.807, 2.05) is 13.0 Å². The van der Waals surface area contributed by atoms with Crippen LogP contribution >= 0.6 is 11.6 Å². The summed E-state index contributed by atoms with van der Waals surface area (Å²) in [5.74, 6) is -0.0880. The molecule has 1 aromatic heterocycles. The van der Waals surface area contributed by atoms with E-state index in [4.69, 9.17) is 11.6 Å². The van der Waals surface area contributed by atoms with E-state index in [1.165, 1.54) is 0 Å². The topological polar surface area (TPSA) is 73.7 Å². The minimum atomic E-state index is -1.09. The van der Waals surface area contributed by atoms with Gasteiger partial charge in [0.15, 0.2) is 0 Å². The SMILES string of the molecule is Cc1cc(C(=O)N2CCC[C@@](O)(CO)CC2)c2cc(Cl)ccc2n1. The van der Waals surface area contributed by atoms with Crippen molar-refractivity contribution in [1.29, 1.82) is 0 Å². The lowest BCUT2D eigenvalue weighted by molar-refractivity contribution is -0.0250. The van der Waals surface area contributed by atoms with Gasteiger partial charge in [-0.1, -0.05) is 11.6 Å². The zero-order valence-corrected chi connectivity index (χ0v) is 14.4. The van der Waals surface area contributed by atoms with E-state index in [1.54, 1.807) is 23.1 Å². The third kappa shape index (κ3) is 3.38. The number of hydrogen-bond donors (Lipinski definition) is 2. The maximum Gasteiger partial charge on any atom is 0.254 e. The van der Waals surface area contributed by atoms with Crippen molar-refractivity contribution < 1.29 is 15.0 Å². The number of carbonyl (C=O) groups is 1. The summed E-state index contributed by atoms with van der Waals surface area (Å²) < 4.78 is 0. The van der Waals surface area contributed by atoms with Crippen LogP contribution < -0.4 is 0 Å². The molecule has 0 radical (unpaired) electrons. The van der Waals surface area contributed by atoms with E-state index < -0.39 is 5.60 Å². The molecule has 3 rings (SSSR count). The highest BCUT2D eigenvalue weighted by molar-refractivity contribution is 6.31. The van der Waals surface area contributed by atoms with Crippen LogP contribution in [0.3, 0.4) is 0 Å². The number of amides is 1. The fraction of sp³-hybridized carbons (Fsp3) is 0.444. The van der Waals surface area contributed by atoms with Crippen molar-refractivity contribution in [2.75, 3.05) is 19.7 Å². The summed E-state index contributed by atoms with van der Waals surface area (Å²) in [6.07, 6.45) is 1.53. The second-order valence-electron chi connectivity index (χ2n) is 6.50. The van der Waals surface area contributed by atoms with Crippen molar-refractivity contribution in [3.8, 4) is 0 Å². The number of aromatic nitrogens is 1. The number of nitrogens with zero attached hydrogens (tertiary/aromatic N) is 2. The number of hydrogen-bond acceptors (Lipinski definition) is 4. The van der Waals surface area contributed by atoms with Gasteiger partial charge >= 0.3 is 0 Å². The molecule has 1 fully saturated rings. The molecule has 128 valence electrons. The first kappa shape index (κ1) is 17.1. The van der Waals surface area contributed by atoms with E-state index in [0.29, 0.717) is 42.9 Å². The molecule has 0 saturated carbocycles. The van der Waals surface area contributed by atoms with Crippen LogP contribution in [0.25, 0.3) is 10.9 Å². The molecule has 1 aliphatic rings. The maximum absolute atomic E-state index is 13.0. The highest BCUT2D eigenvalue weighted by atomic mass is 35.5. The van der Waals surface area contributed by atoms with E-state index in [9.17, 15) is 15.0 Å². The normalized spacial score (nSPS) is 21.8. The Hall–Kier alpha value is -1.69. The maximum atomic E-state index is 13.0. The predicted molar refractivity (Wildman–Crippen MR) is 93.3 cm³/mol. The van der Waals surface area contributed by atoms with Gasteiger partial charge in [0.25, 0.3) is 5.91 Å². The number of aliphatic hydroxyl groups is 2. The highest BCUT2D eigenvalue weighted by Crippen LogP contribution is 2.26. The quantitative estimate of drug-likeness (QED) is 0.874. The second-order valence-corrected chi connectivity index (χ2v) is 6.94. The van der Waals surface area contributed by atoms with Gasteiger partial charge in [-0.05, 0) is 50.5 Å². The molecule has 0 spiro atoms. The van der Waals surface area contributed by atoms with Crippen LogP contribution in [-0.4, -0.2) is 51.3 Å². The van der Waals surface area contributed by atoms with Gasteiger partial charge in [-0.25, -0.2) is 0 Å². The number of rotatable bonds is 2. The summed E-state index contributed by atoms with van der Waals surface area (Å²) in [7, 11) is 0. The summed E-state index contributed by atoms with van der Waals surface area (Å²) in [4.78, 5) is 19.2. The van der Waals surface area contributed by atoms with Crippen molar-refractivity contribution in [2.45, 2.75) is 31.8 Å². The third-order valence-corrected chi connectivity index (χ3v) is 4.86. The molecular weight excluding hydrogens is 328 g/mol. The summed E-state index contributed by atoms with van der Waals surface area (Å²) in [5, 5.41) is 20.9. The van der Waals surface area contributed by atoms with Gasteiger partial charge in [0.05, 0.1) is 23.3 Å². The van der Waals surface area contributed by atoms with Gasteiger partial charge in [0.2, 0.25) is 0 Å². The highest BCUT2D eigenvalue weighted by Gasteiger charge is 2.31. The molecule has 1 aromatic carbocycles. The van der Waals surface area contributed by atoms with Crippen LogP contribution in [0.4, 0.5) is 0 Å². The molecule has 1 saturated heterocycles. The van der Waals surface area contributed by atoms with Gasteiger partial charge in [-0.3, -0.25) is 9.78 Å². The van der Waals surface area contributed by atoms with Gasteiger partial charge < -0.3 is 15.1 Å². The number of benzene rings is 1. The minimum absolute atomic E-state index is 0.0880. The molecule has 0 unspecified atom stereocenters. The number of likely N-dealkylation sites (tertiary alicyclic amines) is 1. The molecule has 0 aliphatic carbocycles. The Morgan fingerprint density at radius 2 is 2.12 bits per heavy atom. The predicted octanol–water partition coefficient (Wildman–Crippen LogP) is 2.55. The Morgan fingerprint density at radius 3 is 2.88 bits per heavy atom. The average Bonchev–Trinajstić information content (AvgIpc) is 2.76. The largest absolute Gasteiger partial charge is 0.393 e. The van der Waals surface area contributed by atoms with Gasteiger partial charge in [-0.2, -0.15) is 0 Å². The Bertz CT molecular complexity index is 780. The first-order valence-corrected chi connectivity index (χ1v) is 8.49. The molecule has 6 heteroatoms. The number of pyridine rings is 1. The first-order valence-electron chi connectivity index (χ1n) is 8.11. The molecule has 1 amide bonds. The van der Waals surface area contributed by atoms with Gasteiger partial charge in [0, 0.05) is 29.2 Å². The van der Waals surface area contributed by atoms with Crippen LogP contribution in [0.15, 0.2) is 24.3 Å². The molecule has 2 heterocycles. The standard InChI is InChI=1S/C18H21ClN2O3/c1-12-9-15(14-10-13(19)3-4-16(14)20-12)17(23)21-7-2-5-18(24,11-22)6-8-21/h3-4,9-10,22,24H,2,5-8,11H2,1H3/t18-/m0/s1. The van der Waals surface area contributed by atoms with Crippen LogP contribution in [-0.2, 0) is 0 Å². The monoisotopic (exact) mass is 348 g/mol. The number of halogens is 1. The fourth-order valence-electron chi connectivity index (χ4n) is 3.22. The lowest BCUT2D eigenvalue weighted by atomic mass is 9.96. The summed E-state index contributed by atoms with van der Waals surface area (Å²) in [6.45, 7) is 2.56. The number of aryl methyl sites for hydroxylation is 1. The van der Waals surface area contributed by atoms with Crippen molar-refractivity contribution in [3.63, 3.8) is 0 Å². The zero-order chi connectivity index (χ0) is 17.3. The number of aliphatic hydroxyl groups excluding tert-OH is 1. The molecule has 5 nitrogen and oxygen atoms in total. The zero-order valence-electron chi connectivity index (χ0n) is 13.6. The first-order chi connectivity index (χ1) is 11.4. The minimum Gasteiger partial charge on any atom is -0.393 e. The Morgan fingerprint density at radius 1 is 1.33 bits per heavy atom. The Kier molecular flexibility index (Phi) is 4.76. The molecular formula is C18H21ClN2O3. The molecule has 0 bridgehead atoms. The molecule has 24 heavy (non-hydrogen) atoms. The van der Waals surface area contributed by atoms with Gasteiger partial charge in [-0.15, -0.1) is 0 Å². The summed E-state index contributed by atoms with van der Waals surface area (Å²) in [6, 6.07) is 7.12. The van der Waals surface area contributed by atoms with Gasteiger partial charge in [0.1, 0.15) is 0 Å². The van der Waals surface area contributed by atoms with Crippen molar-refractivity contribution in [2.24, 2.45) is 0 Å². The van der Waals surface area contributed by atoms with Crippen LogP contribution in [0.5, 0.6) is 0 Å². The van der Waals surface area contributed by atoms with Crippen molar-refractivity contribution in [3.05, 3.63) is 40.5 Å². The summed E-state index contributed by atoms with van der Waals surface area (Å²) in [5.41, 5.74) is 1.00. The summed E-state index contributed by atoms with van der Waals surface area (Å²) >= 11 is 6.09. The molecule has 1 aliphatic heterocycles. The smallest absolute Gasteiger partial charge is 0.254 e. The van der Waals surface area contributed by atoms with Crippen LogP contribution in [0, 0.1) is 6.92 Å². The number of carbonyl (C=O) groups excluding carboxylic acids is 1. The van der Waals surface area contributed by atoms with Crippen LogP contribution in [0.1, 0.15) is 35.3 Å². The second kappa shape index (κ2) is 6.67. The van der Waals surface area contributed by atoms with E-state index in [-0.39, 0.29) is 12.5 Å². The lowest BCUT2D eigenvalue weighted by Crippen LogP contribution is -2.36. The third-order valence-electron chi connectivity index (χ3n) is 4.63. The lowest BCUT2D eigenvalue weighted by Gasteiger charge is -2.24. The Labute approximate surface area is 145 Å².